The Morgan fingerprint density at radius 3 is 2.71 bits per heavy atom. The Bertz CT molecular complexity index is 394. The first-order chi connectivity index (χ1) is 6.52. The highest BCUT2D eigenvalue weighted by atomic mass is 16.4. The summed E-state index contributed by atoms with van der Waals surface area (Å²) in [5.41, 5.74) is 8.91. The summed E-state index contributed by atoms with van der Waals surface area (Å²) in [4.78, 5) is 10.5. The van der Waals surface area contributed by atoms with E-state index in [0.717, 1.165) is 11.1 Å². The zero-order valence-corrected chi connectivity index (χ0v) is 8.24. The number of hydrogen-bond donors (Lipinski definition) is 2. The highest BCUT2D eigenvalue weighted by Gasteiger charge is 2.03. The van der Waals surface area contributed by atoms with Crippen molar-refractivity contribution < 1.29 is 9.90 Å². The fraction of sp³-hybridized carbons (Fsp3) is 0.182. The van der Waals surface area contributed by atoms with Crippen LogP contribution in [0.5, 0.6) is 0 Å². The third kappa shape index (κ3) is 2.13. The van der Waals surface area contributed by atoms with Crippen LogP contribution in [0.1, 0.15) is 18.1 Å². The summed E-state index contributed by atoms with van der Waals surface area (Å²) < 4.78 is 0. The molecule has 0 fully saturated rings. The van der Waals surface area contributed by atoms with Crippen LogP contribution in [0.2, 0.25) is 0 Å². The van der Waals surface area contributed by atoms with Gasteiger partial charge in [0, 0.05) is 11.8 Å². The van der Waals surface area contributed by atoms with Crippen molar-refractivity contribution in [2.75, 3.05) is 5.73 Å². The van der Waals surface area contributed by atoms with Gasteiger partial charge in [-0.2, -0.15) is 0 Å². The van der Waals surface area contributed by atoms with Crippen molar-refractivity contribution in [1.29, 1.82) is 0 Å². The Hall–Kier alpha value is -1.77. The normalized spacial score (nSPS) is 11.4. The SMILES string of the molecule is C/C(=C\C(=O)O)c1cccc(N)c1C. The van der Waals surface area contributed by atoms with Crippen molar-refractivity contribution in [1.82, 2.24) is 0 Å². The van der Waals surface area contributed by atoms with Crippen molar-refractivity contribution in [2.45, 2.75) is 13.8 Å². The van der Waals surface area contributed by atoms with Gasteiger partial charge in [-0.05, 0) is 36.6 Å². The standard InChI is InChI=1S/C11H13NO2/c1-7(6-11(13)14)9-4-3-5-10(12)8(9)2/h3-6H,12H2,1-2H3,(H,13,14)/b7-6+. The van der Waals surface area contributed by atoms with Crippen LogP contribution in [0, 0.1) is 6.92 Å². The van der Waals surface area contributed by atoms with E-state index in [0.29, 0.717) is 11.3 Å². The van der Waals surface area contributed by atoms with Crippen LogP contribution in [0.4, 0.5) is 5.69 Å². The molecule has 1 rings (SSSR count). The summed E-state index contributed by atoms with van der Waals surface area (Å²) >= 11 is 0. The molecule has 0 unspecified atom stereocenters. The highest BCUT2D eigenvalue weighted by molar-refractivity contribution is 5.90. The molecule has 1 aromatic carbocycles. The molecule has 3 nitrogen and oxygen atoms in total. The summed E-state index contributed by atoms with van der Waals surface area (Å²) in [6.07, 6.45) is 1.18. The lowest BCUT2D eigenvalue weighted by molar-refractivity contribution is -0.131. The van der Waals surface area contributed by atoms with E-state index < -0.39 is 5.97 Å². The Morgan fingerprint density at radius 1 is 1.50 bits per heavy atom. The number of carbonyl (C=O) groups is 1. The Kier molecular flexibility index (Phi) is 2.92. The van der Waals surface area contributed by atoms with Gasteiger partial charge in [-0.1, -0.05) is 12.1 Å². The van der Waals surface area contributed by atoms with Gasteiger partial charge in [0.05, 0.1) is 0 Å². The van der Waals surface area contributed by atoms with Gasteiger partial charge in [-0.3, -0.25) is 0 Å². The maximum absolute atomic E-state index is 10.5. The van der Waals surface area contributed by atoms with Crippen LogP contribution in [-0.4, -0.2) is 11.1 Å². The van der Waals surface area contributed by atoms with Crippen molar-refractivity contribution in [3.05, 3.63) is 35.4 Å². The first kappa shape index (κ1) is 10.3. The van der Waals surface area contributed by atoms with Gasteiger partial charge in [-0.25, -0.2) is 4.79 Å². The first-order valence-electron chi connectivity index (χ1n) is 4.29. The van der Waals surface area contributed by atoms with Crippen molar-refractivity contribution in [2.24, 2.45) is 0 Å². The molecule has 0 aliphatic rings. The number of hydrogen-bond acceptors (Lipinski definition) is 2. The second-order valence-corrected chi connectivity index (χ2v) is 3.19. The number of carboxylic acids is 1. The first-order valence-corrected chi connectivity index (χ1v) is 4.29. The topological polar surface area (TPSA) is 63.3 Å². The van der Waals surface area contributed by atoms with Crippen LogP contribution >= 0.6 is 0 Å². The number of nitrogens with two attached hydrogens (primary N) is 1. The van der Waals surface area contributed by atoms with Crippen LogP contribution in [-0.2, 0) is 4.79 Å². The van der Waals surface area contributed by atoms with Crippen LogP contribution < -0.4 is 5.73 Å². The molecule has 0 radical (unpaired) electrons. The molecule has 0 aliphatic heterocycles. The van der Waals surface area contributed by atoms with E-state index in [1.807, 2.05) is 19.1 Å². The molecule has 74 valence electrons. The van der Waals surface area contributed by atoms with Gasteiger partial charge in [-0.15, -0.1) is 0 Å². The lowest BCUT2D eigenvalue weighted by atomic mass is 10.0. The lowest BCUT2D eigenvalue weighted by Gasteiger charge is -2.07. The third-order valence-electron chi connectivity index (χ3n) is 2.14. The van der Waals surface area contributed by atoms with E-state index >= 15 is 0 Å². The van der Waals surface area contributed by atoms with Gasteiger partial charge in [0.25, 0.3) is 0 Å². The van der Waals surface area contributed by atoms with Gasteiger partial charge >= 0.3 is 5.97 Å². The highest BCUT2D eigenvalue weighted by Crippen LogP contribution is 2.22. The fourth-order valence-corrected chi connectivity index (χ4v) is 1.34. The zero-order valence-electron chi connectivity index (χ0n) is 8.24. The molecule has 0 heterocycles. The van der Waals surface area contributed by atoms with Crippen molar-refractivity contribution in [3.8, 4) is 0 Å². The van der Waals surface area contributed by atoms with Gasteiger partial charge in [0.1, 0.15) is 0 Å². The maximum Gasteiger partial charge on any atom is 0.328 e. The van der Waals surface area contributed by atoms with E-state index in [-0.39, 0.29) is 0 Å². The minimum absolute atomic E-state index is 0.681. The summed E-state index contributed by atoms with van der Waals surface area (Å²) in [6, 6.07) is 5.48. The van der Waals surface area contributed by atoms with E-state index in [9.17, 15) is 4.79 Å². The molecule has 14 heavy (non-hydrogen) atoms. The minimum atomic E-state index is -0.940. The predicted molar refractivity (Wildman–Crippen MR) is 56.9 cm³/mol. The van der Waals surface area contributed by atoms with Crippen molar-refractivity contribution in [3.63, 3.8) is 0 Å². The van der Waals surface area contributed by atoms with E-state index in [1.54, 1.807) is 13.0 Å². The smallest absolute Gasteiger partial charge is 0.328 e. The fourth-order valence-electron chi connectivity index (χ4n) is 1.34. The summed E-state index contributed by atoms with van der Waals surface area (Å²) in [6.45, 7) is 3.64. The Morgan fingerprint density at radius 2 is 2.14 bits per heavy atom. The van der Waals surface area contributed by atoms with Crippen molar-refractivity contribution >= 4 is 17.2 Å². The molecule has 3 N–H and O–H groups in total. The molecule has 0 atom stereocenters. The Labute approximate surface area is 82.9 Å². The van der Waals surface area contributed by atoms with E-state index in [1.165, 1.54) is 6.08 Å². The van der Waals surface area contributed by atoms with E-state index in [2.05, 4.69) is 0 Å². The zero-order chi connectivity index (χ0) is 10.7. The minimum Gasteiger partial charge on any atom is -0.478 e. The van der Waals surface area contributed by atoms with Crippen LogP contribution in [0.3, 0.4) is 0 Å². The molecule has 0 saturated carbocycles. The summed E-state index contributed by atoms with van der Waals surface area (Å²) in [5.74, 6) is -0.940. The Balaban J connectivity index is 3.20. The van der Waals surface area contributed by atoms with Crippen LogP contribution in [0.25, 0.3) is 5.57 Å². The number of aliphatic carboxylic acids is 1. The number of allylic oxidation sites excluding steroid dienone is 1. The van der Waals surface area contributed by atoms with Gasteiger partial charge < -0.3 is 10.8 Å². The predicted octanol–water partition coefficient (Wildman–Crippen LogP) is 2.07. The number of nitrogen functional groups attached to an aromatic ring is 1. The monoisotopic (exact) mass is 191 g/mol. The number of rotatable bonds is 2. The maximum atomic E-state index is 10.5. The van der Waals surface area contributed by atoms with Crippen LogP contribution in [0.15, 0.2) is 24.3 Å². The molecule has 3 heteroatoms. The van der Waals surface area contributed by atoms with E-state index in [4.69, 9.17) is 10.8 Å². The van der Waals surface area contributed by atoms with Gasteiger partial charge in [0.15, 0.2) is 0 Å². The molecule has 0 aliphatic carbocycles. The molecule has 0 amide bonds. The molecule has 0 saturated heterocycles. The molecule has 1 aromatic rings. The summed E-state index contributed by atoms with van der Waals surface area (Å²) in [7, 11) is 0. The molecule has 0 aromatic heterocycles. The number of anilines is 1. The average Bonchev–Trinajstić information content (AvgIpc) is 2.08. The number of carboxylic acid groups (broad SMARTS) is 1. The molecular formula is C11H13NO2. The third-order valence-corrected chi connectivity index (χ3v) is 2.14. The molecule has 0 spiro atoms. The molecular weight excluding hydrogens is 178 g/mol. The second-order valence-electron chi connectivity index (χ2n) is 3.19. The second kappa shape index (κ2) is 3.96. The van der Waals surface area contributed by atoms with Gasteiger partial charge in [0.2, 0.25) is 0 Å². The largest absolute Gasteiger partial charge is 0.478 e. The summed E-state index contributed by atoms with van der Waals surface area (Å²) in [5, 5.41) is 8.60. The quantitative estimate of drug-likeness (QED) is 0.555. The lowest BCUT2D eigenvalue weighted by Crippen LogP contribution is -1.95. The average molecular weight is 191 g/mol. The number of benzene rings is 1. The molecule has 0 bridgehead atoms.